The first-order valence-corrected chi connectivity index (χ1v) is 14.0. The molecule has 0 bridgehead atoms. The molecule has 2 heterocycles. The molecule has 4 rings (SSSR count). The van der Waals surface area contributed by atoms with Crippen LogP contribution in [-0.2, 0) is 25.7 Å². The zero-order valence-electron chi connectivity index (χ0n) is 20.8. The number of hydrogen-bond donors (Lipinski definition) is 1. The van der Waals surface area contributed by atoms with Crippen molar-refractivity contribution in [2.75, 3.05) is 17.9 Å². The number of halogens is 3. The number of nitrogens with zero attached hydrogens (tertiary/aromatic N) is 2. The fourth-order valence-electron chi connectivity index (χ4n) is 4.36. The number of alkyl halides is 3. The molecule has 7 nitrogen and oxygen atoms in total. The number of nitrogens with one attached hydrogen (secondary N) is 1. The Morgan fingerprint density at radius 3 is 2.63 bits per heavy atom. The second-order valence-electron chi connectivity index (χ2n) is 8.79. The number of anilines is 1. The zero-order chi connectivity index (χ0) is 27.8. The summed E-state index contributed by atoms with van der Waals surface area (Å²) >= 11 is 1.45. The summed E-state index contributed by atoms with van der Waals surface area (Å²) in [6, 6.07) is 11.4. The summed E-state index contributed by atoms with van der Waals surface area (Å²) in [6.45, 7) is 7.13. The number of sulfonamides is 1. The van der Waals surface area contributed by atoms with Gasteiger partial charge in [0.25, 0.3) is 0 Å². The molecule has 202 valence electrons. The van der Waals surface area contributed by atoms with E-state index >= 15 is 0 Å². The quantitative estimate of drug-likeness (QED) is 0.280. The predicted octanol–water partition coefficient (Wildman–Crippen LogP) is 5.69. The number of thioether (sulfide) groups is 1. The lowest BCUT2D eigenvalue weighted by molar-refractivity contribution is -0.145. The van der Waals surface area contributed by atoms with Gasteiger partial charge in [-0.25, -0.2) is 8.42 Å². The molecule has 0 saturated heterocycles. The Hall–Kier alpha value is -3.25. The summed E-state index contributed by atoms with van der Waals surface area (Å²) in [5, 5.41) is -0.312. The molecule has 0 spiro atoms. The molecular formula is C26H26F3N3O4S2. The molecule has 0 amide bonds. The lowest BCUT2D eigenvalue weighted by Crippen LogP contribution is -2.32. The predicted molar refractivity (Wildman–Crippen MR) is 144 cm³/mol. The topological polar surface area (TPSA) is 91.8 Å². The normalized spacial score (nSPS) is 17.6. The summed E-state index contributed by atoms with van der Waals surface area (Å²) in [6.07, 6.45) is -4.07. The third kappa shape index (κ3) is 5.32. The van der Waals surface area contributed by atoms with Crippen molar-refractivity contribution in [1.82, 2.24) is 4.98 Å². The van der Waals surface area contributed by atoms with Crippen molar-refractivity contribution in [1.29, 1.82) is 0 Å². The highest BCUT2D eigenvalue weighted by molar-refractivity contribution is 8.15. The molecule has 1 N–H and O–H groups in total. The van der Waals surface area contributed by atoms with Gasteiger partial charge in [-0.15, -0.1) is 6.58 Å². The first-order chi connectivity index (χ1) is 17.8. The van der Waals surface area contributed by atoms with Crippen molar-refractivity contribution in [2.24, 2.45) is 4.99 Å². The Balaban J connectivity index is 1.68. The number of rotatable bonds is 8. The van der Waals surface area contributed by atoms with E-state index in [-0.39, 0.29) is 23.0 Å². The largest absolute Gasteiger partial charge is 0.462 e. The van der Waals surface area contributed by atoms with Gasteiger partial charge in [0.1, 0.15) is 16.4 Å². The van der Waals surface area contributed by atoms with E-state index in [2.05, 4.69) is 16.6 Å². The molecular weight excluding hydrogens is 539 g/mol. The number of carbonyl (C=O) groups is 1. The lowest BCUT2D eigenvalue weighted by atomic mass is 10.0. The molecule has 1 aliphatic rings. The monoisotopic (exact) mass is 565 g/mol. The Labute approximate surface area is 222 Å². The first-order valence-electron chi connectivity index (χ1n) is 11.6. The van der Waals surface area contributed by atoms with Crippen LogP contribution in [0.15, 0.2) is 66.2 Å². The number of ether oxygens (including phenoxy) is 1. The minimum atomic E-state index is -4.73. The van der Waals surface area contributed by atoms with E-state index in [4.69, 9.17) is 4.74 Å². The number of carbonyl (C=O) groups excluding carboxylic acids is 1. The highest BCUT2D eigenvalue weighted by Gasteiger charge is 2.39. The fraction of sp³-hybridized carbons (Fsp3) is 0.308. The standard InChI is InChI=1S/C26H26F3N3O4S2/c1-5-23(18-10-6-7-11-19(18)26(27,28)29)38(34,35)32(4)21-12-8-9-17-13-20(31-24(17)21)25-30-14-22(37-25)15(2)36-16(3)33/h5-13,15,22-23,31H,1,14H2,2-4H3. The maximum Gasteiger partial charge on any atom is 0.416 e. The van der Waals surface area contributed by atoms with Crippen molar-refractivity contribution in [2.45, 2.75) is 36.6 Å². The third-order valence-corrected chi connectivity index (χ3v) is 9.70. The second-order valence-corrected chi connectivity index (χ2v) is 12.1. The Morgan fingerprint density at radius 1 is 1.26 bits per heavy atom. The Morgan fingerprint density at radius 2 is 1.97 bits per heavy atom. The van der Waals surface area contributed by atoms with Gasteiger partial charge in [0, 0.05) is 19.4 Å². The fourth-order valence-corrected chi connectivity index (χ4v) is 6.96. The lowest BCUT2D eigenvalue weighted by Gasteiger charge is -2.26. The van der Waals surface area contributed by atoms with Crippen molar-refractivity contribution in [3.63, 3.8) is 0 Å². The Kier molecular flexibility index (Phi) is 7.67. The van der Waals surface area contributed by atoms with Crippen LogP contribution in [0.5, 0.6) is 0 Å². The second kappa shape index (κ2) is 10.5. The SMILES string of the molecule is C=CC(c1ccccc1C(F)(F)F)S(=O)(=O)N(C)c1cccc2cc(C3=NCC(C(C)OC(C)=O)S3)[nH]c12. The van der Waals surface area contributed by atoms with Crippen LogP contribution in [0.3, 0.4) is 0 Å². The molecule has 38 heavy (non-hydrogen) atoms. The van der Waals surface area contributed by atoms with Crippen LogP contribution in [0.4, 0.5) is 18.9 Å². The van der Waals surface area contributed by atoms with E-state index < -0.39 is 32.6 Å². The van der Waals surface area contributed by atoms with Crippen LogP contribution in [0, 0.1) is 0 Å². The number of aromatic amines is 1. The highest BCUT2D eigenvalue weighted by Crippen LogP contribution is 2.40. The number of aliphatic imine (C=N–C) groups is 1. The van der Waals surface area contributed by atoms with Gasteiger partial charge in [-0.3, -0.25) is 14.1 Å². The van der Waals surface area contributed by atoms with Crippen LogP contribution in [0.1, 0.15) is 35.9 Å². The number of para-hydroxylation sites is 1. The summed E-state index contributed by atoms with van der Waals surface area (Å²) in [5.41, 5.74) is -0.0239. The van der Waals surface area contributed by atoms with E-state index in [1.807, 2.05) is 6.07 Å². The zero-order valence-corrected chi connectivity index (χ0v) is 22.5. The molecule has 0 radical (unpaired) electrons. The smallest absolute Gasteiger partial charge is 0.416 e. The van der Waals surface area contributed by atoms with Crippen LogP contribution in [0.2, 0.25) is 0 Å². The van der Waals surface area contributed by atoms with E-state index in [1.54, 1.807) is 25.1 Å². The highest BCUT2D eigenvalue weighted by atomic mass is 32.2. The number of esters is 1. The average Bonchev–Trinajstić information content (AvgIpc) is 3.50. The molecule has 3 unspecified atom stereocenters. The number of hydrogen-bond acceptors (Lipinski definition) is 6. The first kappa shape index (κ1) is 27.8. The van der Waals surface area contributed by atoms with Gasteiger partial charge in [0.15, 0.2) is 0 Å². The van der Waals surface area contributed by atoms with Crippen molar-refractivity contribution < 1.29 is 31.1 Å². The summed E-state index contributed by atoms with van der Waals surface area (Å²) in [7, 11) is -3.06. The van der Waals surface area contributed by atoms with Crippen LogP contribution in [0.25, 0.3) is 10.9 Å². The van der Waals surface area contributed by atoms with E-state index in [9.17, 15) is 26.4 Å². The molecule has 0 fully saturated rings. The van der Waals surface area contributed by atoms with Crippen LogP contribution in [-0.4, -0.2) is 49.4 Å². The summed E-state index contributed by atoms with van der Waals surface area (Å²) in [5.74, 6) is -0.373. The van der Waals surface area contributed by atoms with Crippen LogP contribution < -0.4 is 4.31 Å². The Bertz CT molecular complexity index is 1520. The molecule has 3 atom stereocenters. The number of H-pyrrole nitrogens is 1. The molecule has 2 aromatic carbocycles. The van der Waals surface area contributed by atoms with Gasteiger partial charge >= 0.3 is 12.1 Å². The maximum atomic E-state index is 13.7. The number of benzene rings is 2. The molecule has 1 aromatic heterocycles. The van der Waals surface area contributed by atoms with Gasteiger partial charge < -0.3 is 9.72 Å². The summed E-state index contributed by atoms with van der Waals surface area (Å²) in [4.78, 5) is 19.1. The molecule has 0 aliphatic carbocycles. The van der Waals surface area contributed by atoms with Gasteiger partial charge in [-0.05, 0) is 30.7 Å². The minimum absolute atomic E-state index is 0.0649. The summed E-state index contributed by atoms with van der Waals surface area (Å²) < 4.78 is 74.6. The van der Waals surface area contributed by atoms with E-state index in [0.29, 0.717) is 28.2 Å². The van der Waals surface area contributed by atoms with Crippen molar-refractivity contribution in [3.05, 3.63) is 78.0 Å². The molecule has 3 aromatic rings. The van der Waals surface area contributed by atoms with E-state index in [0.717, 1.165) is 22.5 Å². The maximum absolute atomic E-state index is 13.7. The van der Waals surface area contributed by atoms with Crippen molar-refractivity contribution >= 4 is 49.4 Å². The van der Waals surface area contributed by atoms with Crippen LogP contribution >= 0.6 is 11.8 Å². The van der Waals surface area contributed by atoms with Gasteiger partial charge in [0.05, 0.1) is 34.3 Å². The molecule has 12 heteroatoms. The van der Waals surface area contributed by atoms with Gasteiger partial charge in [0.2, 0.25) is 10.0 Å². The minimum Gasteiger partial charge on any atom is -0.462 e. The van der Waals surface area contributed by atoms with E-state index in [1.165, 1.54) is 37.9 Å². The number of aromatic nitrogens is 1. The van der Waals surface area contributed by atoms with Gasteiger partial charge in [-0.1, -0.05) is 48.2 Å². The number of fused-ring (bicyclic) bond motifs is 1. The molecule has 0 saturated carbocycles. The average molecular weight is 566 g/mol. The third-order valence-electron chi connectivity index (χ3n) is 6.25. The van der Waals surface area contributed by atoms with Crippen molar-refractivity contribution in [3.8, 4) is 0 Å². The van der Waals surface area contributed by atoms with Gasteiger partial charge in [-0.2, -0.15) is 13.2 Å². The molecule has 1 aliphatic heterocycles.